The van der Waals surface area contributed by atoms with Crippen LogP contribution in [0.25, 0.3) is 11.0 Å². The van der Waals surface area contributed by atoms with Gasteiger partial charge in [-0.05, 0) is 36.1 Å². The summed E-state index contributed by atoms with van der Waals surface area (Å²) in [4.78, 5) is 36.3. The van der Waals surface area contributed by atoms with Crippen molar-refractivity contribution in [2.24, 2.45) is 5.73 Å². The second-order valence-electron chi connectivity index (χ2n) is 9.51. The smallest absolute Gasteiger partial charge is 0.272 e. The fourth-order valence-electron chi connectivity index (χ4n) is 5.28. The Hall–Kier alpha value is -3.88. The van der Waals surface area contributed by atoms with Gasteiger partial charge in [-0.25, -0.2) is 4.98 Å². The highest BCUT2D eigenvalue weighted by Gasteiger charge is 2.72. The first-order chi connectivity index (χ1) is 16.8. The number of aliphatic hydroxyl groups is 1. The number of para-hydroxylation sites is 2. The number of carbonyl (C=O) groups excluding carboxylic acids is 2. The number of rotatable bonds is 3. The van der Waals surface area contributed by atoms with Crippen molar-refractivity contribution in [3.8, 4) is 5.75 Å². The van der Waals surface area contributed by atoms with Crippen molar-refractivity contribution in [2.75, 3.05) is 0 Å². The standard InChI is InChI=1S/C27H24N4O4/c1-14(2)15-10-11-16-22(12-15)35-27(34)17-6-5-7-18(28)23(17)24(32)26(16,27)31-25(33)21-13-29-19-8-3-4-9-20(19)30-21/h3-6,8-14,18,34H,7,28H2,1-2H3,(H,31,33). The SMILES string of the molecule is CC(C)c1ccc2c(c1)OC1(O)C3=C(C(=O)C21NC(=O)c1cnc2ccccc2n1)C(N)CC=C3. The van der Waals surface area contributed by atoms with E-state index >= 15 is 0 Å². The Kier molecular flexibility index (Phi) is 4.52. The van der Waals surface area contributed by atoms with Crippen molar-refractivity contribution in [1.29, 1.82) is 0 Å². The van der Waals surface area contributed by atoms with E-state index < -0.39 is 29.1 Å². The summed E-state index contributed by atoms with van der Waals surface area (Å²) in [5.41, 5.74) is 7.47. The van der Waals surface area contributed by atoms with Crippen LogP contribution in [0.2, 0.25) is 0 Å². The Balaban J connectivity index is 1.51. The van der Waals surface area contributed by atoms with Crippen molar-refractivity contribution < 1.29 is 19.4 Å². The molecule has 0 bridgehead atoms. The molecular weight excluding hydrogens is 444 g/mol. The van der Waals surface area contributed by atoms with Gasteiger partial charge in [0.1, 0.15) is 11.4 Å². The lowest BCUT2D eigenvalue weighted by molar-refractivity contribution is -0.154. The van der Waals surface area contributed by atoms with Crippen molar-refractivity contribution in [3.63, 3.8) is 0 Å². The minimum absolute atomic E-state index is 0.0187. The second-order valence-corrected chi connectivity index (χ2v) is 9.51. The van der Waals surface area contributed by atoms with E-state index in [9.17, 15) is 14.7 Å². The molecule has 3 aliphatic rings. The van der Waals surface area contributed by atoms with Crippen molar-refractivity contribution in [2.45, 2.75) is 43.6 Å². The molecule has 0 saturated carbocycles. The molecule has 0 fully saturated rings. The molecule has 1 amide bonds. The number of carbonyl (C=O) groups is 2. The predicted molar refractivity (Wildman–Crippen MR) is 129 cm³/mol. The number of nitrogens with zero attached hydrogens (tertiary/aromatic N) is 2. The predicted octanol–water partition coefficient (Wildman–Crippen LogP) is 2.63. The molecule has 1 aliphatic heterocycles. The van der Waals surface area contributed by atoms with Crippen LogP contribution in [0, 0.1) is 0 Å². The maximum Gasteiger partial charge on any atom is 0.272 e. The zero-order valence-electron chi connectivity index (χ0n) is 19.3. The molecule has 2 aliphatic carbocycles. The topological polar surface area (TPSA) is 127 Å². The minimum Gasteiger partial charge on any atom is -0.454 e. The summed E-state index contributed by atoms with van der Waals surface area (Å²) in [5.74, 6) is -2.74. The lowest BCUT2D eigenvalue weighted by Gasteiger charge is -2.35. The monoisotopic (exact) mass is 468 g/mol. The van der Waals surface area contributed by atoms with Crippen LogP contribution in [0.3, 0.4) is 0 Å². The Bertz CT molecular complexity index is 1490. The van der Waals surface area contributed by atoms with E-state index in [1.807, 2.05) is 26.0 Å². The quantitative estimate of drug-likeness (QED) is 0.539. The summed E-state index contributed by atoms with van der Waals surface area (Å²) >= 11 is 0. The highest BCUT2D eigenvalue weighted by molar-refractivity contribution is 6.14. The summed E-state index contributed by atoms with van der Waals surface area (Å²) in [7, 11) is 0. The number of ketones is 1. The first-order valence-electron chi connectivity index (χ1n) is 11.6. The van der Waals surface area contributed by atoms with Gasteiger partial charge in [-0.2, -0.15) is 0 Å². The van der Waals surface area contributed by atoms with Crippen LogP contribution in [-0.4, -0.2) is 38.6 Å². The number of amides is 1. The van der Waals surface area contributed by atoms with Gasteiger partial charge in [0.2, 0.25) is 5.54 Å². The van der Waals surface area contributed by atoms with Gasteiger partial charge in [0, 0.05) is 22.8 Å². The molecule has 0 radical (unpaired) electrons. The molecule has 35 heavy (non-hydrogen) atoms. The Morgan fingerprint density at radius 2 is 2.00 bits per heavy atom. The van der Waals surface area contributed by atoms with E-state index in [0.717, 1.165) is 5.56 Å². The van der Waals surface area contributed by atoms with Gasteiger partial charge < -0.3 is 20.9 Å². The summed E-state index contributed by atoms with van der Waals surface area (Å²) in [5, 5.41) is 14.8. The fraction of sp³-hybridized carbons (Fsp3) is 0.259. The van der Waals surface area contributed by atoms with Crippen LogP contribution >= 0.6 is 0 Å². The number of hydrogen-bond acceptors (Lipinski definition) is 7. The maximum absolute atomic E-state index is 14.1. The average Bonchev–Trinajstić information content (AvgIpc) is 3.21. The van der Waals surface area contributed by atoms with Gasteiger partial charge in [0.25, 0.3) is 11.7 Å². The van der Waals surface area contributed by atoms with Gasteiger partial charge in [-0.3, -0.25) is 14.6 Å². The zero-order valence-corrected chi connectivity index (χ0v) is 19.3. The third kappa shape index (κ3) is 2.81. The molecule has 2 heterocycles. The van der Waals surface area contributed by atoms with E-state index in [4.69, 9.17) is 10.5 Å². The number of nitrogens with two attached hydrogens (primary N) is 1. The molecule has 1 aromatic heterocycles. The van der Waals surface area contributed by atoms with E-state index in [1.165, 1.54) is 6.20 Å². The van der Waals surface area contributed by atoms with Crippen LogP contribution in [-0.2, 0) is 10.3 Å². The normalized spacial score (nSPS) is 26.5. The molecule has 0 spiro atoms. The number of nitrogens with one attached hydrogen (secondary N) is 1. The molecule has 8 nitrogen and oxygen atoms in total. The van der Waals surface area contributed by atoms with Crippen LogP contribution in [0.15, 0.2) is 72.0 Å². The molecule has 4 N–H and O–H groups in total. The van der Waals surface area contributed by atoms with E-state index in [-0.39, 0.29) is 22.8 Å². The number of fused-ring (bicyclic) bond motifs is 5. The van der Waals surface area contributed by atoms with Gasteiger partial charge in [0.15, 0.2) is 5.78 Å². The van der Waals surface area contributed by atoms with Crippen molar-refractivity contribution in [1.82, 2.24) is 15.3 Å². The Morgan fingerprint density at radius 3 is 2.77 bits per heavy atom. The van der Waals surface area contributed by atoms with E-state index in [1.54, 1.807) is 42.5 Å². The number of Topliss-reactive ketones (excluding diaryl/α,β-unsaturated/α-hetero) is 1. The highest BCUT2D eigenvalue weighted by atomic mass is 16.6. The van der Waals surface area contributed by atoms with E-state index in [0.29, 0.717) is 28.8 Å². The molecule has 2 aromatic carbocycles. The van der Waals surface area contributed by atoms with E-state index in [2.05, 4.69) is 15.3 Å². The van der Waals surface area contributed by atoms with Crippen molar-refractivity contribution in [3.05, 3.63) is 88.8 Å². The number of benzene rings is 2. The lowest BCUT2D eigenvalue weighted by atomic mass is 9.81. The second kappa shape index (κ2) is 7.31. The van der Waals surface area contributed by atoms with Crippen LogP contribution in [0.4, 0.5) is 0 Å². The van der Waals surface area contributed by atoms with Crippen LogP contribution < -0.4 is 15.8 Å². The summed E-state index contributed by atoms with van der Waals surface area (Å²) in [6.07, 6.45) is 5.26. The average molecular weight is 469 g/mol. The summed E-state index contributed by atoms with van der Waals surface area (Å²) < 4.78 is 6.13. The number of hydrogen-bond donors (Lipinski definition) is 3. The maximum atomic E-state index is 14.1. The molecule has 6 rings (SSSR count). The molecule has 8 heteroatoms. The Morgan fingerprint density at radius 1 is 1.23 bits per heavy atom. The van der Waals surface area contributed by atoms with Crippen molar-refractivity contribution >= 4 is 22.7 Å². The zero-order chi connectivity index (χ0) is 24.5. The number of ether oxygens (including phenoxy) is 1. The highest BCUT2D eigenvalue weighted by Crippen LogP contribution is 2.57. The van der Waals surface area contributed by atoms with Gasteiger partial charge >= 0.3 is 0 Å². The molecule has 3 aromatic rings. The van der Waals surface area contributed by atoms with Crippen LogP contribution in [0.1, 0.15) is 47.8 Å². The Labute approximate surface area is 201 Å². The first kappa shape index (κ1) is 21.6. The molecular formula is C27H24N4O4. The summed E-state index contributed by atoms with van der Waals surface area (Å²) in [6, 6.07) is 12.0. The first-order valence-corrected chi connectivity index (χ1v) is 11.6. The van der Waals surface area contributed by atoms with Crippen LogP contribution in [0.5, 0.6) is 5.75 Å². The fourth-order valence-corrected chi connectivity index (χ4v) is 5.28. The van der Waals surface area contributed by atoms with Gasteiger partial charge in [-0.15, -0.1) is 0 Å². The summed E-state index contributed by atoms with van der Waals surface area (Å²) in [6.45, 7) is 4.08. The molecule has 0 saturated heterocycles. The molecule has 3 atom stereocenters. The lowest BCUT2D eigenvalue weighted by Crippen LogP contribution is -2.63. The van der Waals surface area contributed by atoms with Gasteiger partial charge in [0.05, 0.1) is 17.2 Å². The van der Waals surface area contributed by atoms with Gasteiger partial charge in [-0.1, -0.05) is 50.3 Å². The third-order valence-electron chi connectivity index (χ3n) is 7.11. The number of aromatic nitrogens is 2. The third-order valence-corrected chi connectivity index (χ3v) is 7.11. The largest absolute Gasteiger partial charge is 0.454 e. The minimum atomic E-state index is -2.15. The molecule has 3 unspecified atom stereocenters. The molecule has 176 valence electrons.